The molecule has 0 N–H and O–H groups in total. The molecule has 176 valence electrons. The molecule has 1 fully saturated rings. The Labute approximate surface area is 197 Å². The Morgan fingerprint density at radius 3 is 2.48 bits per heavy atom. The Kier molecular flexibility index (Phi) is 7.06. The van der Waals surface area contributed by atoms with Crippen molar-refractivity contribution in [3.8, 4) is 11.5 Å². The van der Waals surface area contributed by atoms with Gasteiger partial charge in [0.15, 0.2) is 5.78 Å². The number of amides is 1. The molecule has 4 rings (SSSR count). The number of rotatable bonds is 7. The molecule has 5 nitrogen and oxygen atoms in total. The average molecular weight is 450 g/mol. The van der Waals surface area contributed by atoms with Gasteiger partial charge in [-0.05, 0) is 61.7 Å². The summed E-state index contributed by atoms with van der Waals surface area (Å²) in [6, 6.07) is 11.4. The van der Waals surface area contributed by atoms with E-state index in [1.165, 1.54) is 19.3 Å². The van der Waals surface area contributed by atoms with E-state index < -0.39 is 5.60 Å². The second-order valence-corrected chi connectivity index (χ2v) is 9.57. The van der Waals surface area contributed by atoms with Crippen LogP contribution >= 0.6 is 0 Å². The first-order valence-electron chi connectivity index (χ1n) is 12.3. The number of ether oxygens (including phenoxy) is 2. The van der Waals surface area contributed by atoms with Crippen LogP contribution in [0.2, 0.25) is 0 Å². The number of hydrogen-bond donors (Lipinski definition) is 0. The summed E-state index contributed by atoms with van der Waals surface area (Å²) in [5.41, 5.74) is 2.94. The number of benzene rings is 2. The maximum atomic E-state index is 13.0. The number of hydrogen-bond acceptors (Lipinski definition) is 4. The molecule has 0 radical (unpaired) electrons. The fourth-order valence-electron chi connectivity index (χ4n) is 4.93. The van der Waals surface area contributed by atoms with Gasteiger partial charge in [-0.25, -0.2) is 0 Å². The van der Waals surface area contributed by atoms with Crippen molar-refractivity contribution in [3.63, 3.8) is 0 Å². The van der Waals surface area contributed by atoms with Gasteiger partial charge in [-0.2, -0.15) is 0 Å². The van der Waals surface area contributed by atoms with Crippen LogP contribution in [-0.2, 0) is 0 Å². The van der Waals surface area contributed by atoms with E-state index >= 15 is 0 Å². The summed E-state index contributed by atoms with van der Waals surface area (Å²) in [4.78, 5) is 27.8. The van der Waals surface area contributed by atoms with Crippen molar-refractivity contribution >= 4 is 11.7 Å². The van der Waals surface area contributed by atoms with Crippen molar-refractivity contribution in [2.24, 2.45) is 0 Å². The van der Waals surface area contributed by atoms with E-state index in [-0.39, 0.29) is 11.7 Å². The number of unbranched alkanes of at least 4 members (excludes halogenated alkanes) is 3. The van der Waals surface area contributed by atoms with Gasteiger partial charge in [0.05, 0.1) is 18.6 Å². The van der Waals surface area contributed by atoms with Gasteiger partial charge in [-0.3, -0.25) is 9.59 Å². The molecule has 2 aromatic rings. The highest BCUT2D eigenvalue weighted by Crippen LogP contribution is 2.41. The first-order chi connectivity index (χ1) is 15.9. The number of nitrogens with zero attached hydrogens (tertiary/aromatic N) is 1. The lowest BCUT2D eigenvalue weighted by molar-refractivity contribution is -0.00619. The molecule has 1 amide bonds. The van der Waals surface area contributed by atoms with Crippen LogP contribution in [0.25, 0.3) is 0 Å². The molecule has 5 heteroatoms. The maximum absolute atomic E-state index is 13.0. The minimum atomic E-state index is -0.504. The average Bonchev–Trinajstić information content (AvgIpc) is 2.80. The number of fused-ring (bicyclic) bond motifs is 1. The normalized spacial score (nSPS) is 16.9. The Morgan fingerprint density at radius 1 is 1.06 bits per heavy atom. The molecule has 0 atom stereocenters. The second-order valence-electron chi connectivity index (χ2n) is 9.57. The van der Waals surface area contributed by atoms with Crippen LogP contribution in [-0.4, -0.2) is 41.9 Å². The maximum Gasteiger partial charge on any atom is 0.253 e. The zero-order valence-electron chi connectivity index (χ0n) is 20.1. The molecular weight excluding hydrogens is 414 g/mol. The number of aryl methyl sites for hydroxylation is 2. The van der Waals surface area contributed by atoms with Crippen LogP contribution in [0, 0.1) is 13.8 Å². The highest BCUT2D eigenvalue weighted by atomic mass is 16.5. The minimum Gasteiger partial charge on any atom is -0.494 e. The SMILES string of the molecule is CCCCCCOc1ccc(C(=O)N2CCC3(CC2)CC(=O)c2cc(C)cc(C)c2O3)cc1. The van der Waals surface area contributed by atoms with Gasteiger partial charge < -0.3 is 14.4 Å². The molecule has 2 aromatic carbocycles. The Morgan fingerprint density at radius 2 is 1.79 bits per heavy atom. The monoisotopic (exact) mass is 449 g/mol. The zero-order valence-corrected chi connectivity index (χ0v) is 20.1. The third-order valence-corrected chi connectivity index (χ3v) is 6.85. The molecule has 0 aromatic heterocycles. The van der Waals surface area contributed by atoms with Crippen molar-refractivity contribution in [2.75, 3.05) is 19.7 Å². The van der Waals surface area contributed by atoms with Crippen LogP contribution in [0.4, 0.5) is 0 Å². The minimum absolute atomic E-state index is 0.0219. The van der Waals surface area contributed by atoms with Crippen LogP contribution in [0.15, 0.2) is 36.4 Å². The van der Waals surface area contributed by atoms with Gasteiger partial charge in [0, 0.05) is 31.5 Å². The highest BCUT2D eigenvalue weighted by Gasteiger charge is 2.44. The molecule has 0 unspecified atom stereocenters. The predicted octanol–water partition coefficient (Wildman–Crippen LogP) is 5.90. The number of Topliss-reactive ketones (excluding diaryl/α,β-unsaturated/α-hetero) is 1. The smallest absolute Gasteiger partial charge is 0.253 e. The number of ketones is 1. The first kappa shape index (κ1) is 23.3. The molecule has 0 bridgehead atoms. The summed E-state index contributed by atoms with van der Waals surface area (Å²) in [5, 5.41) is 0. The van der Waals surface area contributed by atoms with E-state index in [0.29, 0.717) is 50.1 Å². The predicted molar refractivity (Wildman–Crippen MR) is 129 cm³/mol. The van der Waals surface area contributed by atoms with E-state index in [2.05, 4.69) is 13.0 Å². The third kappa shape index (κ3) is 5.23. The fraction of sp³-hybridized carbons (Fsp3) is 0.500. The first-order valence-corrected chi connectivity index (χ1v) is 12.3. The van der Waals surface area contributed by atoms with E-state index in [1.807, 2.05) is 49.1 Å². The van der Waals surface area contributed by atoms with Crippen LogP contribution in [0.5, 0.6) is 11.5 Å². The van der Waals surface area contributed by atoms with E-state index in [4.69, 9.17) is 9.47 Å². The molecule has 1 saturated heterocycles. The summed E-state index contributed by atoms with van der Waals surface area (Å²) in [7, 11) is 0. The van der Waals surface area contributed by atoms with Crippen LogP contribution < -0.4 is 9.47 Å². The number of piperidine rings is 1. The molecule has 2 aliphatic heterocycles. The van der Waals surface area contributed by atoms with Crippen LogP contribution in [0.3, 0.4) is 0 Å². The van der Waals surface area contributed by atoms with E-state index in [9.17, 15) is 9.59 Å². The highest BCUT2D eigenvalue weighted by molar-refractivity contribution is 6.01. The van der Waals surface area contributed by atoms with Gasteiger partial charge in [-0.15, -0.1) is 0 Å². The zero-order chi connectivity index (χ0) is 23.4. The van der Waals surface area contributed by atoms with Crippen LogP contribution in [0.1, 0.15) is 83.7 Å². The number of carbonyl (C=O) groups excluding carboxylic acids is 2. The van der Waals surface area contributed by atoms with Crippen molar-refractivity contribution in [1.82, 2.24) is 4.90 Å². The standard InChI is InChI=1S/C28H35NO4/c1-4-5-6-7-16-32-23-10-8-22(9-11-23)27(31)29-14-12-28(13-15-29)19-25(30)24-18-20(2)17-21(3)26(24)33-28/h8-11,17-18H,4-7,12-16,19H2,1-3H3. The van der Waals surface area contributed by atoms with Crippen molar-refractivity contribution in [3.05, 3.63) is 58.7 Å². The molecule has 2 aliphatic rings. The summed E-state index contributed by atoms with van der Waals surface area (Å²) >= 11 is 0. The summed E-state index contributed by atoms with van der Waals surface area (Å²) < 4.78 is 12.2. The second kappa shape index (κ2) is 9.98. The van der Waals surface area contributed by atoms with Crippen molar-refractivity contribution in [1.29, 1.82) is 0 Å². The summed E-state index contributed by atoms with van der Waals surface area (Å²) in [6.07, 6.45) is 6.39. The largest absolute Gasteiger partial charge is 0.494 e. The lowest BCUT2D eigenvalue weighted by Crippen LogP contribution is -2.52. The van der Waals surface area contributed by atoms with Gasteiger partial charge >= 0.3 is 0 Å². The fourth-order valence-corrected chi connectivity index (χ4v) is 4.93. The Hall–Kier alpha value is -2.82. The quantitative estimate of drug-likeness (QED) is 0.494. The van der Waals surface area contributed by atoms with Crippen molar-refractivity contribution < 1.29 is 19.1 Å². The molecular formula is C28H35NO4. The summed E-state index contributed by atoms with van der Waals surface area (Å²) in [5.74, 6) is 1.70. The van der Waals surface area contributed by atoms with Gasteiger partial charge in [0.25, 0.3) is 5.91 Å². The molecule has 1 spiro atoms. The molecule has 0 saturated carbocycles. The number of carbonyl (C=O) groups is 2. The topological polar surface area (TPSA) is 55.8 Å². The van der Waals surface area contributed by atoms with Gasteiger partial charge in [-0.1, -0.05) is 32.3 Å². The Balaban J connectivity index is 1.34. The Bertz CT molecular complexity index is 1000. The molecule has 0 aliphatic carbocycles. The molecule has 2 heterocycles. The lowest BCUT2D eigenvalue weighted by atomic mass is 9.81. The molecule has 33 heavy (non-hydrogen) atoms. The number of likely N-dealkylation sites (tertiary alicyclic amines) is 1. The lowest BCUT2D eigenvalue weighted by Gasteiger charge is -2.44. The van der Waals surface area contributed by atoms with Gasteiger partial charge in [0.1, 0.15) is 17.1 Å². The van der Waals surface area contributed by atoms with Gasteiger partial charge in [0.2, 0.25) is 0 Å². The van der Waals surface area contributed by atoms with E-state index in [0.717, 1.165) is 29.0 Å². The van der Waals surface area contributed by atoms with E-state index in [1.54, 1.807) is 0 Å². The third-order valence-electron chi connectivity index (χ3n) is 6.85. The summed E-state index contributed by atoms with van der Waals surface area (Å²) in [6.45, 7) is 8.07. The van der Waals surface area contributed by atoms with Crippen molar-refractivity contribution in [2.45, 2.75) is 71.3 Å².